The van der Waals surface area contributed by atoms with Crippen molar-refractivity contribution in [2.24, 2.45) is 0 Å². The van der Waals surface area contributed by atoms with Crippen molar-refractivity contribution in [2.45, 2.75) is 39.8 Å². The molecule has 1 atom stereocenters. The molecular weight excluding hydrogens is 270 g/mol. The number of nitrogens with zero attached hydrogens (tertiary/aromatic N) is 4. The number of hydrogen-bond donors (Lipinski definition) is 1. The lowest BCUT2D eigenvalue weighted by Crippen LogP contribution is -2.29. The normalized spacial score (nSPS) is 12.8. The van der Waals surface area contributed by atoms with E-state index < -0.39 is 0 Å². The first-order valence-electron chi connectivity index (χ1n) is 6.53. The van der Waals surface area contributed by atoms with Crippen LogP contribution in [0.3, 0.4) is 0 Å². The molecule has 0 amide bonds. The number of nitrogens with two attached hydrogens (primary N) is 1. The highest BCUT2D eigenvalue weighted by molar-refractivity contribution is 7.18. The second-order valence-corrected chi connectivity index (χ2v) is 6.32. The van der Waals surface area contributed by atoms with Gasteiger partial charge in [0.2, 0.25) is 0 Å². The van der Waals surface area contributed by atoms with Crippen LogP contribution in [0.25, 0.3) is 10.2 Å². The summed E-state index contributed by atoms with van der Waals surface area (Å²) in [5.74, 6) is 1.26. The van der Waals surface area contributed by atoms with E-state index in [-0.39, 0.29) is 6.04 Å². The molecule has 2 rings (SSSR count). The fourth-order valence-electron chi connectivity index (χ4n) is 2.06. The highest BCUT2D eigenvalue weighted by Crippen LogP contribution is 2.31. The molecule has 0 saturated carbocycles. The Kier molecular flexibility index (Phi) is 4.21. The minimum atomic E-state index is 0.173. The maximum absolute atomic E-state index is 8.74. The van der Waals surface area contributed by atoms with Crippen LogP contribution in [0.1, 0.15) is 29.6 Å². The van der Waals surface area contributed by atoms with Crippen LogP contribution in [-0.4, -0.2) is 28.0 Å². The number of fused-ring (bicyclic) bond motifs is 1. The molecule has 0 spiro atoms. The Morgan fingerprint density at radius 3 is 2.75 bits per heavy atom. The van der Waals surface area contributed by atoms with E-state index in [2.05, 4.69) is 34.8 Å². The highest BCUT2D eigenvalue weighted by atomic mass is 32.1. The fraction of sp³-hybridized carbons (Fsp3) is 0.500. The first-order chi connectivity index (χ1) is 9.43. The van der Waals surface area contributed by atoms with Gasteiger partial charge in [-0.15, -0.1) is 11.3 Å². The Balaban J connectivity index is 2.31. The summed E-state index contributed by atoms with van der Waals surface area (Å²) in [6, 6.07) is 2.35. The lowest BCUT2D eigenvalue weighted by molar-refractivity contribution is 0.247. The van der Waals surface area contributed by atoms with Gasteiger partial charge in [0.25, 0.3) is 0 Å². The minimum Gasteiger partial charge on any atom is -0.383 e. The van der Waals surface area contributed by atoms with Crippen molar-refractivity contribution in [3.05, 3.63) is 16.3 Å². The Labute approximate surface area is 123 Å². The maximum atomic E-state index is 8.74. The van der Waals surface area contributed by atoms with Crippen molar-refractivity contribution >= 4 is 27.4 Å². The molecule has 20 heavy (non-hydrogen) atoms. The van der Waals surface area contributed by atoms with Crippen molar-refractivity contribution in [1.82, 2.24) is 14.9 Å². The average molecular weight is 289 g/mol. The Morgan fingerprint density at radius 2 is 2.10 bits per heavy atom. The third kappa shape index (κ3) is 2.74. The molecule has 0 fully saturated rings. The lowest BCUT2D eigenvalue weighted by Gasteiger charge is -2.21. The summed E-state index contributed by atoms with van der Waals surface area (Å²) >= 11 is 1.65. The maximum Gasteiger partial charge on any atom is 0.146 e. The third-order valence-corrected chi connectivity index (χ3v) is 4.73. The Morgan fingerprint density at radius 1 is 1.40 bits per heavy atom. The molecule has 2 heterocycles. The molecule has 0 aromatic carbocycles. The summed E-state index contributed by atoms with van der Waals surface area (Å²) in [7, 11) is 1.97. The molecule has 2 aromatic heterocycles. The number of rotatable bonds is 4. The second-order valence-electron chi connectivity index (χ2n) is 5.11. The van der Waals surface area contributed by atoms with E-state index >= 15 is 0 Å². The zero-order chi connectivity index (χ0) is 14.9. The molecule has 1 unspecified atom stereocenters. The lowest BCUT2D eigenvalue weighted by atomic mass is 10.2. The minimum absolute atomic E-state index is 0.173. The summed E-state index contributed by atoms with van der Waals surface area (Å²) in [5.41, 5.74) is 7.23. The van der Waals surface area contributed by atoms with Gasteiger partial charge in [0, 0.05) is 10.9 Å². The highest BCUT2D eigenvalue weighted by Gasteiger charge is 2.15. The molecule has 106 valence electrons. The van der Waals surface area contributed by atoms with Crippen LogP contribution < -0.4 is 5.73 Å². The molecule has 0 bridgehead atoms. The van der Waals surface area contributed by atoms with Crippen molar-refractivity contribution in [3.63, 3.8) is 0 Å². The van der Waals surface area contributed by atoms with Gasteiger partial charge in [0.15, 0.2) is 0 Å². The standard InChI is InChI=1S/C14H19N5S/c1-8(5-6-15)19(4)7-11-17-13(16)12-9(2)10(3)20-14(12)18-11/h8H,5,7H2,1-4H3,(H2,16,17,18). The van der Waals surface area contributed by atoms with Crippen molar-refractivity contribution in [2.75, 3.05) is 12.8 Å². The van der Waals surface area contributed by atoms with Gasteiger partial charge in [-0.05, 0) is 33.4 Å². The van der Waals surface area contributed by atoms with Crippen LogP contribution >= 0.6 is 11.3 Å². The quantitative estimate of drug-likeness (QED) is 0.936. The summed E-state index contributed by atoms with van der Waals surface area (Å²) in [4.78, 5) is 13.3. The zero-order valence-corrected chi connectivity index (χ0v) is 13.1. The molecule has 2 N–H and O–H groups in total. The molecule has 0 radical (unpaired) electrons. The van der Waals surface area contributed by atoms with E-state index in [4.69, 9.17) is 11.0 Å². The number of thiophene rings is 1. The molecular formula is C14H19N5S. The van der Waals surface area contributed by atoms with Gasteiger partial charge in [-0.2, -0.15) is 5.26 Å². The molecule has 6 heteroatoms. The average Bonchev–Trinajstić information content (AvgIpc) is 2.65. The summed E-state index contributed by atoms with van der Waals surface area (Å²) in [6.45, 7) is 6.74. The third-order valence-electron chi connectivity index (χ3n) is 3.63. The van der Waals surface area contributed by atoms with Gasteiger partial charge in [-0.3, -0.25) is 4.90 Å². The predicted octanol–water partition coefficient (Wildman–Crippen LogP) is 2.62. The van der Waals surface area contributed by atoms with Gasteiger partial charge >= 0.3 is 0 Å². The van der Waals surface area contributed by atoms with Crippen molar-refractivity contribution < 1.29 is 0 Å². The number of aryl methyl sites for hydroxylation is 2. The van der Waals surface area contributed by atoms with Crippen LogP contribution in [0.15, 0.2) is 0 Å². The second kappa shape index (κ2) is 5.73. The number of nitriles is 1. The van der Waals surface area contributed by atoms with E-state index in [1.165, 1.54) is 10.4 Å². The molecule has 0 aliphatic rings. The number of anilines is 1. The van der Waals surface area contributed by atoms with Crippen molar-refractivity contribution in [3.8, 4) is 6.07 Å². The van der Waals surface area contributed by atoms with Crippen LogP contribution in [0.2, 0.25) is 0 Å². The number of nitrogen functional groups attached to an aromatic ring is 1. The predicted molar refractivity (Wildman–Crippen MR) is 82.5 cm³/mol. The summed E-state index contributed by atoms with van der Waals surface area (Å²) in [5, 5.41) is 9.72. The molecule has 0 saturated heterocycles. The van der Waals surface area contributed by atoms with Gasteiger partial charge < -0.3 is 5.73 Å². The smallest absolute Gasteiger partial charge is 0.146 e. The number of hydrogen-bond acceptors (Lipinski definition) is 6. The summed E-state index contributed by atoms with van der Waals surface area (Å²) in [6.07, 6.45) is 0.492. The molecule has 5 nitrogen and oxygen atoms in total. The Bertz CT molecular complexity index is 670. The van der Waals surface area contributed by atoms with E-state index in [1.54, 1.807) is 11.3 Å². The Hall–Kier alpha value is -1.71. The topological polar surface area (TPSA) is 78.8 Å². The van der Waals surface area contributed by atoms with E-state index in [9.17, 15) is 0 Å². The molecule has 0 aliphatic heterocycles. The van der Waals surface area contributed by atoms with E-state index in [0.717, 1.165) is 10.2 Å². The summed E-state index contributed by atoms with van der Waals surface area (Å²) < 4.78 is 0. The van der Waals surface area contributed by atoms with Crippen LogP contribution in [0.5, 0.6) is 0 Å². The van der Waals surface area contributed by atoms with E-state index in [1.807, 2.05) is 14.0 Å². The largest absolute Gasteiger partial charge is 0.383 e. The first-order valence-corrected chi connectivity index (χ1v) is 7.35. The molecule has 2 aromatic rings. The van der Waals surface area contributed by atoms with Crippen LogP contribution in [0.4, 0.5) is 5.82 Å². The van der Waals surface area contributed by atoms with Gasteiger partial charge in [0.05, 0.1) is 24.4 Å². The van der Waals surface area contributed by atoms with Crippen LogP contribution in [-0.2, 0) is 6.54 Å². The van der Waals surface area contributed by atoms with Gasteiger partial charge in [-0.1, -0.05) is 0 Å². The monoisotopic (exact) mass is 289 g/mol. The van der Waals surface area contributed by atoms with Gasteiger partial charge in [0.1, 0.15) is 16.5 Å². The first kappa shape index (κ1) is 14.7. The number of aromatic nitrogens is 2. The van der Waals surface area contributed by atoms with E-state index in [0.29, 0.717) is 24.6 Å². The van der Waals surface area contributed by atoms with Crippen molar-refractivity contribution in [1.29, 1.82) is 5.26 Å². The van der Waals surface area contributed by atoms with Crippen LogP contribution in [0, 0.1) is 25.2 Å². The SMILES string of the molecule is Cc1sc2nc(CN(C)C(C)CC#N)nc(N)c2c1C. The van der Waals surface area contributed by atoms with Gasteiger partial charge in [-0.25, -0.2) is 9.97 Å². The fourth-order valence-corrected chi connectivity index (χ4v) is 3.12. The molecule has 0 aliphatic carbocycles. The zero-order valence-electron chi connectivity index (χ0n) is 12.3.